The fraction of sp³-hybridized carbons (Fsp3) is 0.407. The molecule has 0 aliphatic carbocycles. The van der Waals surface area contributed by atoms with Crippen molar-refractivity contribution in [3.63, 3.8) is 0 Å². The Kier molecular flexibility index (Phi) is 6.68. The van der Waals surface area contributed by atoms with Gasteiger partial charge in [-0.2, -0.15) is 0 Å². The van der Waals surface area contributed by atoms with Crippen molar-refractivity contribution in [2.24, 2.45) is 5.73 Å². The van der Waals surface area contributed by atoms with Gasteiger partial charge >= 0.3 is 0 Å². The minimum Gasteiger partial charge on any atom is -0.352 e. The zero-order valence-electron chi connectivity index (χ0n) is 20.1. The van der Waals surface area contributed by atoms with Crippen molar-refractivity contribution < 1.29 is 4.79 Å². The van der Waals surface area contributed by atoms with E-state index in [1.165, 1.54) is 49.0 Å². The highest BCUT2D eigenvalue weighted by Gasteiger charge is 2.15. The minimum atomic E-state index is -0.00165. The first-order chi connectivity index (χ1) is 16.5. The van der Waals surface area contributed by atoms with Crippen molar-refractivity contribution in [3.8, 4) is 11.3 Å². The number of nitrogens with one attached hydrogen (secondary N) is 1. The number of fused-ring (bicyclic) bond motifs is 3. The summed E-state index contributed by atoms with van der Waals surface area (Å²) in [6, 6.07) is 10.3. The normalized spacial score (nSPS) is 14.8. The Morgan fingerprint density at radius 3 is 2.62 bits per heavy atom. The maximum Gasteiger partial charge on any atom is 0.251 e. The van der Waals surface area contributed by atoms with Crippen LogP contribution in [-0.4, -0.2) is 46.4 Å². The van der Waals surface area contributed by atoms with E-state index in [1.807, 2.05) is 18.2 Å². The molecule has 178 valence electrons. The molecule has 2 aromatic heterocycles. The summed E-state index contributed by atoms with van der Waals surface area (Å²) in [7, 11) is 0. The molecule has 6 nitrogen and oxygen atoms in total. The molecule has 5 rings (SSSR count). The van der Waals surface area contributed by atoms with Gasteiger partial charge in [-0.3, -0.25) is 9.20 Å². The average molecular weight is 476 g/mol. The summed E-state index contributed by atoms with van der Waals surface area (Å²) in [5.74, 6) is -0.00165. The number of benzene rings is 2. The quantitative estimate of drug-likeness (QED) is 0.373. The number of imidazole rings is 1. The Morgan fingerprint density at radius 1 is 1.12 bits per heavy atom. The number of piperidine rings is 1. The smallest absolute Gasteiger partial charge is 0.251 e. The first-order valence-electron chi connectivity index (χ1n) is 12.3. The van der Waals surface area contributed by atoms with Gasteiger partial charge in [0.1, 0.15) is 0 Å². The van der Waals surface area contributed by atoms with Crippen LogP contribution in [0.15, 0.2) is 36.5 Å². The lowest BCUT2D eigenvalue weighted by Gasteiger charge is -2.26. The number of amides is 1. The zero-order valence-corrected chi connectivity index (χ0v) is 20.9. The minimum absolute atomic E-state index is 0.00165. The fourth-order valence-corrected chi connectivity index (χ4v) is 6.08. The van der Waals surface area contributed by atoms with Gasteiger partial charge in [0.25, 0.3) is 5.91 Å². The maximum atomic E-state index is 12.7. The molecule has 1 amide bonds. The Bertz CT molecular complexity index is 1310. The molecule has 1 aliphatic rings. The molecule has 2 aromatic carbocycles. The van der Waals surface area contributed by atoms with Crippen molar-refractivity contribution >= 4 is 32.4 Å². The van der Waals surface area contributed by atoms with Crippen molar-refractivity contribution in [1.29, 1.82) is 0 Å². The van der Waals surface area contributed by atoms with Crippen molar-refractivity contribution in [1.82, 2.24) is 19.6 Å². The van der Waals surface area contributed by atoms with E-state index in [0.717, 1.165) is 39.4 Å². The highest BCUT2D eigenvalue weighted by atomic mass is 32.1. The van der Waals surface area contributed by atoms with E-state index in [4.69, 9.17) is 10.7 Å². The molecule has 0 radical (unpaired) electrons. The number of carbonyl (C=O) groups is 1. The van der Waals surface area contributed by atoms with Crippen LogP contribution in [0, 0.1) is 13.8 Å². The Morgan fingerprint density at radius 2 is 1.88 bits per heavy atom. The van der Waals surface area contributed by atoms with Gasteiger partial charge in [-0.1, -0.05) is 17.8 Å². The van der Waals surface area contributed by atoms with Crippen molar-refractivity contribution in [2.45, 2.75) is 46.1 Å². The molecule has 0 atom stereocenters. The van der Waals surface area contributed by atoms with Crippen molar-refractivity contribution in [3.05, 3.63) is 58.8 Å². The first kappa shape index (κ1) is 23.0. The average Bonchev–Trinajstić information content (AvgIpc) is 3.40. The van der Waals surface area contributed by atoms with Gasteiger partial charge in [0.2, 0.25) is 0 Å². The molecule has 0 saturated carbocycles. The number of likely N-dealkylation sites (tertiary alicyclic amines) is 1. The molecule has 3 N–H and O–H groups in total. The summed E-state index contributed by atoms with van der Waals surface area (Å²) in [5, 5.41) is 3.09. The van der Waals surface area contributed by atoms with E-state index in [1.54, 1.807) is 11.3 Å². The molecular formula is C27H33N5OS. The number of hydrogen-bond donors (Lipinski definition) is 2. The second kappa shape index (κ2) is 9.86. The standard InChI is InChI=1S/C27H33N5OS/c1-18-13-21(14-19(2)22(18)16-28)23-17-32-24-8-7-20(15-25(24)34-27(32)30-23)26(33)29-9-6-12-31-10-4-3-5-11-31/h7-8,13-15,17H,3-6,9-12,16,28H2,1-2H3,(H,29,33). The van der Waals surface area contributed by atoms with Crippen LogP contribution >= 0.6 is 11.3 Å². The van der Waals surface area contributed by atoms with Crippen molar-refractivity contribution in [2.75, 3.05) is 26.2 Å². The van der Waals surface area contributed by atoms with Crippen LogP contribution in [0.5, 0.6) is 0 Å². The molecule has 3 heterocycles. The number of hydrogen-bond acceptors (Lipinski definition) is 5. The lowest BCUT2D eigenvalue weighted by Crippen LogP contribution is -2.33. The van der Waals surface area contributed by atoms with Crippen LogP contribution < -0.4 is 11.1 Å². The second-order valence-corrected chi connectivity index (χ2v) is 10.4. The highest BCUT2D eigenvalue weighted by Crippen LogP contribution is 2.31. The molecule has 0 spiro atoms. The molecule has 1 saturated heterocycles. The molecule has 0 unspecified atom stereocenters. The first-order valence-corrected chi connectivity index (χ1v) is 13.1. The third-order valence-corrected chi connectivity index (χ3v) is 7.96. The predicted molar refractivity (Wildman–Crippen MR) is 141 cm³/mol. The molecule has 1 aliphatic heterocycles. The van der Waals surface area contributed by atoms with Gasteiger partial charge in [-0.25, -0.2) is 4.98 Å². The topological polar surface area (TPSA) is 75.7 Å². The monoisotopic (exact) mass is 475 g/mol. The van der Waals surface area contributed by atoms with E-state index in [0.29, 0.717) is 18.7 Å². The van der Waals surface area contributed by atoms with Crippen LogP contribution in [0.2, 0.25) is 0 Å². The molecule has 34 heavy (non-hydrogen) atoms. The molecular weight excluding hydrogens is 442 g/mol. The summed E-state index contributed by atoms with van der Waals surface area (Å²) in [6.07, 6.45) is 7.04. The molecule has 1 fully saturated rings. The van der Waals surface area contributed by atoms with E-state index in [-0.39, 0.29) is 5.91 Å². The SMILES string of the molecule is Cc1cc(-c2cn3c(n2)sc2cc(C(=O)NCCCN4CCCCC4)ccc23)cc(C)c1CN. The number of aromatic nitrogens is 2. The van der Waals surface area contributed by atoms with E-state index in [9.17, 15) is 4.79 Å². The van der Waals surface area contributed by atoms with Crippen LogP contribution in [0.25, 0.3) is 26.4 Å². The number of nitrogens with two attached hydrogens (primary N) is 1. The molecule has 0 bridgehead atoms. The summed E-state index contributed by atoms with van der Waals surface area (Å²) in [5.41, 5.74) is 13.3. The number of aryl methyl sites for hydroxylation is 2. The molecule has 7 heteroatoms. The fourth-order valence-electron chi connectivity index (χ4n) is 5.03. The van der Waals surface area contributed by atoms with Gasteiger partial charge in [-0.15, -0.1) is 0 Å². The number of thiazole rings is 1. The highest BCUT2D eigenvalue weighted by molar-refractivity contribution is 7.23. The number of carbonyl (C=O) groups excluding carboxylic acids is 1. The third-order valence-electron chi connectivity index (χ3n) is 6.94. The second-order valence-electron chi connectivity index (χ2n) is 9.37. The Labute approximate surface area is 204 Å². The summed E-state index contributed by atoms with van der Waals surface area (Å²) in [4.78, 5) is 21.0. The van der Waals surface area contributed by atoms with Gasteiger partial charge in [0.15, 0.2) is 4.96 Å². The van der Waals surface area contributed by atoms with Gasteiger partial charge in [0, 0.05) is 30.4 Å². The van der Waals surface area contributed by atoms with E-state index < -0.39 is 0 Å². The number of rotatable bonds is 7. The maximum absolute atomic E-state index is 12.7. The van der Waals surface area contributed by atoms with Crippen LogP contribution in [0.4, 0.5) is 0 Å². The predicted octanol–water partition coefficient (Wildman–Crippen LogP) is 4.90. The lowest BCUT2D eigenvalue weighted by atomic mass is 9.98. The van der Waals surface area contributed by atoms with Crippen LogP contribution in [0.1, 0.15) is 52.7 Å². The summed E-state index contributed by atoms with van der Waals surface area (Å²) < 4.78 is 3.19. The van der Waals surface area contributed by atoms with Gasteiger partial charge in [-0.05, 0) is 99.8 Å². The third kappa shape index (κ3) is 4.60. The van der Waals surface area contributed by atoms with Gasteiger partial charge < -0.3 is 16.0 Å². The molecule has 4 aromatic rings. The lowest BCUT2D eigenvalue weighted by molar-refractivity contribution is 0.0951. The zero-order chi connectivity index (χ0) is 23.7. The van der Waals surface area contributed by atoms with E-state index in [2.05, 4.69) is 46.8 Å². The van der Waals surface area contributed by atoms with E-state index >= 15 is 0 Å². The summed E-state index contributed by atoms with van der Waals surface area (Å²) in [6.45, 7) is 8.94. The largest absolute Gasteiger partial charge is 0.352 e. The number of nitrogens with zero attached hydrogens (tertiary/aromatic N) is 3. The Hall–Kier alpha value is -2.74. The van der Waals surface area contributed by atoms with Crippen LogP contribution in [-0.2, 0) is 6.54 Å². The van der Waals surface area contributed by atoms with Crippen LogP contribution in [0.3, 0.4) is 0 Å². The van der Waals surface area contributed by atoms with Gasteiger partial charge in [0.05, 0.1) is 15.9 Å². The Balaban J connectivity index is 1.29. The summed E-state index contributed by atoms with van der Waals surface area (Å²) >= 11 is 1.62.